The second-order valence-electron chi connectivity index (χ2n) is 5.16. The maximum atomic E-state index is 11.2. The summed E-state index contributed by atoms with van der Waals surface area (Å²) in [7, 11) is -1.63. The van der Waals surface area contributed by atoms with Crippen molar-refractivity contribution in [3.8, 4) is 5.75 Å². The number of phenols is 1. The van der Waals surface area contributed by atoms with Gasteiger partial charge in [0, 0.05) is 0 Å². The lowest BCUT2D eigenvalue weighted by atomic mass is 10.1. The SMILES string of the molecule is C[Si](C)(C)N[C@@H](Cc1ccc(O)cc1)C(=O)O. The zero-order valence-corrected chi connectivity index (χ0v) is 11.4. The van der Waals surface area contributed by atoms with E-state index < -0.39 is 20.2 Å². The second-order valence-corrected chi connectivity index (χ2v) is 9.94. The fraction of sp³-hybridized carbons (Fsp3) is 0.417. The minimum Gasteiger partial charge on any atom is -0.508 e. The largest absolute Gasteiger partial charge is 0.508 e. The van der Waals surface area contributed by atoms with Crippen molar-refractivity contribution in [3.05, 3.63) is 29.8 Å². The number of rotatable bonds is 5. The monoisotopic (exact) mass is 253 g/mol. The fourth-order valence-corrected chi connectivity index (χ4v) is 2.86. The third kappa shape index (κ3) is 5.01. The van der Waals surface area contributed by atoms with Crippen LogP contribution in [0.2, 0.25) is 19.6 Å². The van der Waals surface area contributed by atoms with Crippen molar-refractivity contribution in [1.29, 1.82) is 0 Å². The number of aromatic hydroxyl groups is 1. The molecule has 0 amide bonds. The van der Waals surface area contributed by atoms with Gasteiger partial charge in [0.15, 0.2) is 0 Å². The maximum Gasteiger partial charge on any atom is 0.320 e. The molecule has 0 saturated carbocycles. The van der Waals surface area contributed by atoms with Crippen LogP contribution in [0.15, 0.2) is 24.3 Å². The van der Waals surface area contributed by atoms with Crippen molar-refractivity contribution in [1.82, 2.24) is 4.98 Å². The molecule has 0 spiro atoms. The van der Waals surface area contributed by atoms with Gasteiger partial charge >= 0.3 is 5.97 Å². The molecule has 0 bridgehead atoms. The summed E-state index contributed by atoms with van der Waals surface area (Å²) in [4.78, 5) is 14.4. The smallest absolute Gasteiger partial charge is 0.320 e. The Morgan fingerprint density at radius 3 is 2.24 bits per heavy atom. The molecule has 0 aliphatic heterocycles. The highest BCUT2D eigenvalue weighted by molar-refractivity contribution is 6.73. The number of benzene rings is 1. The maximum absolute atomic E-state index is 11.2. The van der Waals surface area contributed by atoms with E-state index in [1.807, 2.05) is 0 Å². The van der Waals surface area contributed by atoms with Crippen molar-refractivity contribution < 1.29 is 15.0 Å². The van der Waals surface area contributed by atoms with E-state index in [1.165, 1.54) is 0 Å². The molecule has 1 rings (SSSR count). The predicted octanol–water partition coefficient (Wildman–Crippen LogP) is 1.81. The van der Waals surface area contributed by atoms with Crippen LogP contribution in [0.4, 0.5) is 0 Å². The van der Waals surface area contributed by atoms with Gasteiger partial charge in [-0.2, -0.15) is 0 Å². The molecule has 0 fully saturated rings. The standard InChI is InChI=1S/C12H19NO3Si/c1-17(2,3)13-11(12(15)16)8-9-4-6-10(14)7-5-9/h4-7,11,13-14H,8H2,1-3H3,(H,15,16)/t11-/m0/s1. The number of carboxylic acid groups (broad SMARTS) is 1. The van der Waals surface area contributed by atoms with Crippen LogP contribution in [0.25, 0.3) is 0 Å². The van der Waals surface area contributed by atoms with E-state index in [2.05, 4.69) is 24.6 Å². The van der Waals surface area contributed by atoms with Crippen LogP contribution in [-0.4, -0.2) is 30.5 Å². The molecule has 4 nitrogen and oxygen atoms in total. The number of nitrogens with one attached hydrogen (secondary N) is 1. The van der Waals surface area contributed by atoms with Gasteiger partial charge in [-0.3, -0.25) is 4.79 Å². The van der Waals surface area contributed by atoms with Crippen LogP contribution in [0.1, 0.15) is 5.56 Å². The van der Waals surface area contributed by atoms with E-state index >= 15 is 0 Å². The van der Waals surface area contributed by atoms with Crippen molar-refractivity contribution in [2.45, 2.75) is 32.1 Å². The molecule has 1 atom stereocenters. The predicted molar refractivity (Wildman–Crippen MR) is 69.7 cm³/mol. The first-order valence-electron chi connectivity index (χ1n) is 5.56. The minimum atomic E-state index is -1.63. The van der Waals surface area contributed by atoms with Crippen molar-refractivity contribution >= 4 is 14.2 Å². The highest BCUT2D eigenvalue weighted by Crippen LogP contribution is 2.12. The number of carbonyl (C=O) groups is 1. The summed E-state index contributed by atoms with van der Waals surface area (Å²) in [6, 6.07) is 6.08. The molecule has 5 heteroatoms. The highest BCUT2D eigenvalue weighted by atomic mass is 28.3. The highest BCUT2D eigenvalue weighted by Gasteiger charge is 2.24. The Bertz CT molecular complexity index is 384. The molecule has 0 saturated heterocycles. The molecule has 3 N–H and O–H groups in total. The van der Waals surface area contributed by atoms with E-state index in [-0.39, 0.29) is 5.75 Å². The molecule has 0 aromatic heterocycles. The van der Waals surface area contributed by atoms with E-state index in [4.69, 9.17) is 10.2 Å². The molecular weight excluding hydrogens is 234 g/mol. The van der Waals surface area contributed by atoms with Crippen molar-refractivity contribution in [2.75, 3.05) is 0 Å². The van der Waals surface area contributed by atoms with Gasteiger partial charge < -0.3 is 15.2 Å². The average molecular weight is 253 g/mol. The molecule has 0 aliphatic rings. The zero-order chi connectivity index (χ0) is 13.1. The Morgan fingerprint density at radius 2 is 1.82 bits per heavy atom. The summed E-state index contributed by atoms with van der Waals surface area (Å²) in [5.41, 5.74) is 0.904. The number of aliphatic carboxylic acids is 1. The van der Waals surface area contributed by atoms with Crippen molar-refractivity contribution in [2.24, 2.45) is 0 Å². The zero-order valence-electron chi connectivity index (χ0n) is 10.4. The van der Waals surface area contributed by atoms with Gasteiger partial charge in [-0.25, -0.2) is 0 Å². The van der Waals surface area contributed by atoms with Gasteiger partial charge in [-0.15, -0.1) is 0 Å². The molecule has 17 heavy (non-hydrogen) atoms. The molecule has 94 valence electrons. The Morgan fingerprint density at radius 1 is 1.29 bits per heavy atom. The first-order chi connectivity index (χ1) is 7.78. The summed E-state index contributed by atoms with van der Waals surface area (Å²) in [5, 5.41) is 18.3. The summed E-state index contributed by atoms with van der Waals surface area (Å²) in [6.45, 7) is 6.21. The van der Waals surface area contributed by atoms with Crippen LogP contribution in [0, 0.1) is 0 Å². The average Bonchev–Trinajstić information content (AvgIpc) is 2.18. The third-order valence-corrected chi connectivity index (χ3v) is 3.50. The quantitative estimate of drug-likeness (QED) is 0.700. The van der Waals surface area contributed by atoms with Gasteiger partial charge in [-0.05, 0) is 24.1 Å². The van der Waals surface area contributed by atoms with Gasteiger partial charge in [0.05, 0.1) is 0 Å². The lowest BCUT2D eigenvalue weighted by Gasteiger charge is -2.24. The second kappa shape index (κ2) is 5.33. The summed E-state index contributed by atoms with van der Waals surface area (Å²) in [6.07, 6.45) is 0.430. The van der Waals surface area contributed by atoms with Crippen LogP contribution in [0.3, 0.4) is 0 Å². The van der Waals surface area contributed by atoms with E-state index in [0.717, 1.165) is 5.56 Å². The van der Waals surface area contributed by atoms with Crippen LogP contribution >= 0.6 is 0 Å². The lowest BCUT2D eigenvalue weighted by Crippen LogP contribution is -2.52. The normalized spacial score (nSPS) is 13.4. The third-order valence-electron chi connectivity index (χ3n) is 2.28. The van der Waals surface area contributed by atoms with Crippen LogP contribution in [-0.2, 0) is 11.2 Å². The van der Waals surface area contributed by atoms with Gasteiger partial charge in [0.2, 0.25) is 0 Å². The Hall–Kier alpha value is -1.33. The summed E-state index contributed by atoms with van der Waals surface area (Å²) >= 11 is 0. The molecule has 1 aromatic carbocycles. The molecule has 1 aromatic rings. The Labute approximate surface area is 102 Å². The van der Waals surface area contributed by atoms with Gasteiger partial charge in [0.1, 0.15) is 20.0 Å². The van der Waals surface area contributed by atoms with Crippen LogP contribution in [0.5, 0.6) is 5.75 Å². The molecule has 0 heterocycles. The van der Waals surface area contributed by atoms with Gasteiger partial charge in [-0.1, -0.05) is 31.8 Å². The van der Waals surface area contributed by atoms with Crippen LogP contribution < -0.4 is 4.98 Å². The number of phenolic OH excluding ortho intramolecular Hbond substituents is 1. The number of carboxylic acids is 1. The summed E-state index contributed by atoms with van der Waals surface area (Å²) < 4.78 is 0. The van der Waals surface area contributed by atoms with Crippen molar-refractivity contribution in [3.63, 3.8) is 0 Å². The lowest BCUT2D eigenvalue weighted by molar-refractivity contribution is -0.139. The van der Waals surface area contributed by atoms with E-state index in [1.54, 1.807) is 24.3 Å². The molecular formula is C12H19NO3Si. The Balaban J connectivity index is 2.73. The number of hydrogen-bond donors (Lipinski definition) is 3. The van der Waals surface area contributed by atoms with E-state index in [9.17, 15) is 4.79 Å². The summed E-state index contributed by atoms with van der Waals surface area (Å²) in [5.74, 6) is -0.640. The number of hydrogen-bond acceptors (Lipinski definition) is 3. The van der Waals surface area contributed by atoms with E-state index in [0.29, 0.717) is 6.42 Å². The topological polar surface area (TPSA) is 69.6 Å². The first kappa shape index (κ1) is 13.7. The fourth-order valence-electron chi connectivity index (χ4n) is 1.59. The molecule has 0 unspecified atom stereocenters. The van der Waals surface area contributed by atoms with Gasteiger partial charge in [0.25, 0.3) is 0 Å². The molecule has 0 aliphatic carbocycles. The first-order valence-corrected chi connectivity index (χ1v) is 9.06. The minimum absolute atomic E-state index is 0.193. The Kier molecular flexibility index (Phi) is 4.31. The molecule has 0 radical (unpaired) electrons.